The predicted octanol–water partition coefficient (Wildman–Crippen LogP) is 4.56. The van der Waals surface area contributed by atoms with E-state index in [1.54, 1.807) is 30.3 Å². The minimum Gasteiger partial charge on any atom is -0.462 e. The first-order chi connectivity index (χ1) is 11.5. The Bertz CT molecular complexity index is 711. The Morgan fingerprint density at radius 3 is 2.46 bits per heavy atom. The van der Waals surface area contributed by atoms with E-state index in [-0.39, 0.29) is 18.3 Å². The van der Waals surface area contributed by atoms with Gasteiger partial charge >= 0.3 is 5.97 Å². The SMILES string of the molecule is CC(C)COC(=O)c1cccc(NCC(=O)c2ccc(Br)cc2)c1. The number of ether oxygens (including phenoxy) is 1. The second-order valence-corrected chi connectivity index (χ2v) is 6.77. The van der Waals surface area contributed by atoms with Crippen molar-refractivity contribution in [1.29, 1.82) is 0 Å². The fraction of sp³-hybridized carbons (Fsp3) is 0.263. The summed E-state index contributed by atoms with van der Waals surface area (Å²) in [6.07, 6.45) is 0. The molecular weight excluding hydrogens is 370 g/mol. The zero-order valence-corrected chi connectivity index (χ0v) is 15.3. The molecule has 2 rings (SSSR count). The molecule has 2 aromatic carbocycles. The second kappa shape index (κ2) is 8.64. The molecule has 0 saturated carbocycles. The number of carbonyl (C=O) groups excluding carboxylic acids is 2. The van der Waals surface area contributed by atoms with E-state index in [1.165, 1.54) is 0 Å². The summed E-state index contributed by atoms with van der Waals surface area (Å²) in [7, 11) is 0. The highest BCUT2D eigenvalue weighted by atomic mass is 79.9. The molecule has 0 radical (unpaired) electrons. The summed E-state index contributed by atoms with van der Waals surface area (Å²) < 4.78 is 6.14. The molecule has 24 heavy (non-hydrogen) atoms. The topological polar surface area (TPSA) is 55.4 Å². The summed E-state index contributed by atoms with van der Waals surface area (Å²) in [4.78, 5) is 24.1. The van der Waals surface area contributed by atoms with Crippen LogP contribution in [0, 0.1) is 5.92 Å². The Labute approximate surface area is 150 Å². The molecule has 2 aromatic rings. The van der Waals surface area contributed by atoms with E-state index in [0.717, 1.165) is 4.47 Å². The zero-order valence-electron chi connectivity index (χ0n) is 13.7. The van der Waals surface area contributed by atoms with Crippen LogP contribution in [0.5, 0.6) is 0 Å². The van der Waals surface area contributed by atoms with Crippen molar-refractivity contribution in [3.63, 3.8) is 0 Å². The van der Waals surface area contributed by atoms with Gasteiger partial charge in [-0.15, -0.1) is 0 Å². The number of hydrogen-bond donors (Lipinski definition) is 1. The molecule has 0 unspecified atom stereocenters. The van der Waals surface area contributed by atoms with Gasteiger partial charge in [0.25, 0.3) is 0 Å². The standard InChI is InChI=1S/C19H20BrNO3/c1-13(2)12-24-19(23)15-4-3-5-17(10-15)21-11-18(22)14-6-8-16(20)9-7-14/h3-10,13,21H,11-12H2,1-2H3. The number of hydrogen-bond acceptors (Lipinski definition) is 4. The lowest BCUT2D eigenvalue weighted by atomic mass is 10.1. The van der Waals surface area contributed by atoms with Crippen molar-refractivity contribution in [2.45, 2.75) is 13.8 Å². The Kier molecular flexibility index (Phi) is 6.55. The van der Waals surface area contributed by atoms with Crippen LogP contribution in [-0.4, -0.2) is 24.9 Å². The summed E-state index contributed by atoms with van der Waals surface area (Å²) in [5.41, 5.74) is 1.81. The third-order valence-electron chi connectivity index (χ3n) is 3.27. The van der Waals surface area contributed by atoms with E-state index in [9.17, 15) is 9.59 Å². The van der Waals surface area contributed by atoms with Crippen molar-refractivity contribution in [2.75, 3.05) is 18.5 Å². The summed E-state index contributed by atoms with van der Waals surface area (Å²) in [5.74, 6) is -0.0827. The summed E-state index contributed by atoms with van der Waals surface area (Å²) in [5, 5.41) is 3.05. The molecule has 4 nitrogen and oxygen atoms in total. The lowest BCUT2D eigenvalue weighted by molar-refractivity contribution is 0.0459. The number of ketones is 1. The number of benzene rings is 2. The first-order valence-electron chi connectivity index (χ1n) is 7.75. The first kappa shape index (κ1) is 18.2. The molecule has 126 valence electrons. The molecule has 5 heteroatoms. The van der Waals surface area contributed by atoms with E-state index in [2.05, 4.69) is 21.2 Å². The minimum absolute atomic E-state index is 0.0183. The lowest BCUT2D eigenvalue weighted by Crippen LogP contribution is -2.14. The van der Waals surface area contributed by atoms with Gasteiger partial charge in [-0.25, -0.2) is 4.79 Å². The molecule has 0 bridgehead atoms. The van der Waals surface area contributed by atoms with Crippen LogP contribution >= 0.6 is 15.9 Å². The number of rotatable bonds is 7. The van der Waals surface area contributed by atoms with Crippen LogP contribution in [0.1, 0.15) is 34.6 Å². The Morgan fingerprint density at radius 2 is 1.79 bits per heavy atom. The number of esters is 1. The van der Waals surface area contributed by atoms with Gasteiger partial charge in [0.15, 0.2) is 5.78 Å². The predicted molar refractivity (Wildman–Crippen MR) is 98.5 cm³/mol. The molecule has 0 spiro atoms. The highest BCUT2D eigenvalue weighted by Crippen LogP contribution is 2.14. The van der Waals surface area contributed by atoms with Crippen LogP contribution in [0.15, 0.2) is 53.0 Å². The van der Waals surface area contributed by atoms with E-state index in [4.69, 9.17) is 4.74 Å². The van der Waals surface area contributed by atoms with Crippen LogP contribution in [0.25, 0.3) is 0 Å². The molecule has 0 atom stereocenters. The maximum atomic E-state index is 12.2. The van der Waals surface area contributed by atoms with Crippen molar-refractivity contribution in [2.24, 2.45) is 5.92 Å². The van der Waals surface area contributed by atoms with Crippen molar-refractivity contribution in [3.8, 4) is 0 Å². The van der Waals surface area contributed by atoms with Gasteiger partial charge in [0.05, 0.1) is 18.7 Å². The summed E-state index contributed by atoms with van der Waals surface area (Å²) in [6.45, 7) is 4.52. The smallest absolute Gasteiger partial charge is 0.338 e. The van der Waals surface area contributed by atoms with Crippen molar-refractivity contribution >= 4 is 33.4 Å². The maximum absolute atomic E-state index is 12.2. The quantitative estimate of drug-likeness (QED) is 0.557. The van der Waals surface area contributed by atoms with Gasteiger partial charge in [-0.3, -0.25) is 4.79 Å². The second-order valence-electron chi connectivity index (χ2n) is 5.86. The highest BCUT2D eigenvalue weighted by Gasteiger charge is 2.10. The van der Waals surface area contributed by atoms with Gasteiger partial charge in [0.2, 0.25) is 0 Å². The summed E-state index contributed by atoms with van der Waals surface area (Å²) >= 11 is 3.34. The fourth-order valence-corrected chi connectivity index (χ4v) is 2.27. The van der Waals surface area contributed by atoms with Crippen molar-refractivity contribution < 1.29 is 14.3 Å². The van der Waals surface area contributed by atoms with Crippen molar-refractivity contribution in [1.82, 2.24) is 0 Å². The van der Waals surface area contributed by atoms with E-state index < -0.39 is 0 Å². The van der Waals surface area contributed by atoms with Gasteiger partial charge in [-0.05, 0) is 36.2 Å². The van der Waals surface area contributed by atoms with E-state index >= 15 is 0 Å². The lowest BCUT2D eigenvalue weighted by Gasteiger charge is -2.09. The van der Waals surface area contributed by atoms with Crippen molar-refractivity contribution in [3.05, 3.63) is 64.1 Å². The third kappa shape index (κ3) is 5.49. The Morgan fingerprint density at radius 1 is 1.08 bits per heavy atom. The number of carbonyl (C=O) groups is 2. The fourth-order valence-electron chi connectivity index (χ4n) is 2.00. The Balaban J connectivity index is 1.95. The third-order valence-corrected chi connectivity index (χ3v) is 3.79. The monoisotopic (exact) mass is 389 g/mol. The van der Waals surface area contributed by atoms with E-state index in [1.807, 2.05) is 32.0 Å². The zero-order chi connectivity index (χ0) is 17.5. The number of nitrogens with one attached hydrogen (secondary N) is 1. The van der Waals surface area contributed by atoms with Gasteiger partial charge in [-0.1, -0.05) is 48.0 Å². The van der Waals surface area contributed by atoms with Gasteiger partial charge in [-0.2, -0.15) is 0 Å². The average Bonchev–Trinajstić information content (AvgIpc) is 2.58. The molecule has 0 amide bonds. The number of halogens is 1. The molecule has 0 aliphatic rings. The van der Waals surface area contributed by atoms with E-state index in [0.29, 0.717) is 29.3 Å². The van der Waals surface area contributed by atoms with Crippen LogP contribution in [0.3, 0.4) is 0 Å². The molecule has 0 aliphatic heterocycles. The van der Waals surface area contributed by atoms with Gasteiger partial charge in [0.1, 0.15) is 0 Å². The van der Waals surface area contributed by atoms with Crippen LogP contribution in [-0.2, 0) is 4.74 Å². The minimum atomic E-state index is -0.355. The summed E-state index contributed by atoms with van der Waals surface area (Å²) in [6, 6.07) is 14.2. The average molecular weight is 390 g/mol. The largest absolute Gasteiger partial charge is 0.462 e. The van der Waals surface area contributed by atoms with Crippen LogP contribution in [0.2, 0.25) is 0 Å². The molecule has 0 aliphatic carbocycles. The first-order valence-corrected chi connectivity index (χ1v) is 8.55. The molecular formula is C19H20BrNO3. The Hall–Kier alpha value is -2.14. The highest BCUT2D eigenvalue weighted by molar-refractivity contribution is 9.10. The maximum Gasteiger partial charge on any atom is 0.338 e. The molecule has 0 aromatic heterocycles. The number of Topliss-reactive ketones (excluding diaryl/α,β-unsaturated/α-hetero) is 1. The normalized spacial score (nSPS) is 10.5. The molecule has 0 fully saturated rings. The molecule has 1 N–H and O–H groups in total. The molecule has 0 heterocycles. The van der Waals surface area contributed by atoms with Gasteiger partial charge < -0.3 is 10.1 Å². The number of anilines is 1. The molecule has 0 saturated heterocycles. The van der Waals surface area contributed by atoms with Crippen LogP contribution in [0.4, 0.5) is 5.69 Å². The van der Waals surface area contributed by atoms with Crippen LogP contribution < -0.4 is 5.32 Å². The van der Waals surface area contributed by atoms with Gasteiger partial charge in [0, 0.05) is 15.7 Å².